The van der Waals surface area contributed by atoms with Gasteiger partial charge in [-0.15, -0.1) is 0 Å². The predicted octanol–water partition coefficient (Wildman–Crippen LogP) is 4.24. The fraction of sp³-hybridized carbons (Fsp3) is 0.200. The van der Waals surface area contributed by atoms with Gasteiger partial charge in [0, 0.05) is 11.6 Å². The average Bonchev–Trinajstić information content (AvgIpc) is 2.95. The molecule has 0 aromatic heterocycles. The minimum atomic E-state index is -0.627. The lowest BCUT2D eigenvalue weighted by molar-refractivity contribution is -0.385. The van der Waals surface area contributed by atoms with Gasteiger partial charge in [-0.1, -0.05) is 45.0 Å². The van der Waals surface area contributed by atoms with E-state index >= 15 is 0 Å². The lowest BCUT2D eigenvalue weighted by atomic mass is 9.87. The van der Waals surface area contributed by atoms with Crippen LogP contribution in [-0.2, 0) is 14.9 Å². The number of carbonyl (C=O) groups excluding carboxylic acids is 1. The molecule has 0 saturated carbocycles. The van der Waals surface area contributed by atoms with Gasteiger partial charge in [0.2, 0.25) is 5.90 Å². The van der Waals surface area contributed by atoms with Crippen molar-refractivity contribution in [1.82, 2.24) is 0 Å². The van der Waals surface area contributed by atoms with Gasteiger partial charge in [0.25, 0.3) is 5.69 Å². The van der Waals surface area contributed by atoms with Crippen LogP contribution in [0.15, 0.2) is 59.2 Å². The third-order valence-electron chi connectivity index (χ3n) is 4.04. The van der Waals surface area contributed by atoms with E-state index in [9.17, 15) is 14.9 Å². The van der Waals surface area contributed by atoms with Crippen LogP contribution in [0.1, 0.15) is 37.5 Å². The van der Waals surface area contributed by atoms with Gasteiger partial charge >= 0.3 is 5.97 Å². The standard InChI is InChI=1S/C20H18N2O4/c1-20(2,3)15-10-8-13(9-11-15)18-21-16(19(23)26-18)12-14-6-4-5-7-17(14)22(24)25/h4-12H,1-3H3. The molecule has 6 nitrogen and oxygen atoms in total. The van der Waals surface area contributed by atoms with Crippen LogP contribution in [0.25, 0.3) is 6.08 Å². The van der Waals surface area contributed by atoms with E-state index in [4.69, 9.17) is 4.74 Å². The van der Waals surface area contributed by atoms with E-state index in [1.54, 1.807) is 18.2 Å². The van der Waals surface area contributed by atoms with Crippen LogP contribution in [0.3, 0.4) is 0 Å². The normalized spacial score (nSPS) is 15.7. The zero-order chi connectivity index (χ0) is 18.9. The van der Waals surface area contributed by atoms with E-state index in [-0.39, 0.29) is 22.7 Å². The number of rotatable bonds is 3. The van der Waals surface area contributed by atoms with E-state index in [1.807, 2.05) is 24.3 Å². The third kappa shape index (κ3) is 3.54. The zero-order valence-electron chi connectivity index (χ0n) is 14.7. The second-order valence-corrected chi connectivity index (χ2v) is 6.98. The highest BCUT2D eigenvalue weighted by molar-refractivity contribution is 6.13. The number of hydrogen-bond donors (Lipinski definition) is 0. The van der Waals surface area contributed by atoms with Gasteiger partial charge in [-0.3, -0.25) is 10.1 Å². The number of hydrogen-bond acceptors (Lipinski definition) is 5. The smallest absolute Gasteiger partial charge is 0.363 e. The summed E-state index contributed by atoms with van der Waals surface area (Å²) >= 11 is 0. The zero-order valence-corrected chi connectivity index (χ0v) is 14.7. The van der Waals surface area contributed by atoms with Gasteiger partial charge in [0.15, 0.2) is 5.70 Å². The Morgan fingerprint density at radius 1 is 1.08 bits per heavy atom. The van der Waals surface area contributed by atoms with E-state index in [2.05, 4.69) is 25.8 Å². The highest BCUT2D eigenvalue weighted by atomic mass is 16.6. The molecule has 0 amide bonds. The van der Waals surface area contributed by atoms with Gasteiger partial charge < -0.3 is 4.74 Å². The number of nitro groups is 1. The molecule has 1 aliphatic heterocycles. The Morgan fingerprint density at radius 3 is 2.35 bits per heavy atom. The van der Waals surface area contributed by atoms with Crippen LogP contribution >= 0.6 is 0 Å². The Labute approximate surface area is 151 Å². The summed E-state index contributed by atoms with van der Waals surface area (Å²) in [6.07, 6.45) is 1.37. The highest BCUT2D eigenvalue weighted by Crippen LogP contribution is 2.26. The molecular weight excluding hydrogens is 332 g/mol. The lowest BCUT2D eigenvalue weighted by Gasteiger charge is -2.18. The molecule has 6 heteroatoms. The fourth-order valence-electron chi connectivity index (χ4n) is 2.57. The van der Waals surface area contributed by atoms with E-state index < -0.39 is 10.9 Å². The van der Waals surface area contributed by atoms with Gasteiger partial charge in [0.05, 0.1) is 10.5 Å². The Balaban J connectivity index is 1.94. The molecule has 1 aliphatic rings. The molecule has 0 unspecified atom stereocenters. The molecule has 0 fully saturated rings. The number of para-hydroxylation sites is 1. The number of ether oxygens (including phenoxy) is 1. The minimum Gasteiger partial charge on any atom is -0.402 e. The first-order valence-electron chi connectivity index (χ1n) is 8.12. The molecule has 0 bridgehead atoms. The molecular formula is C20H18N2O4. The lowest BCUT2D eigenvalue weighted by Crippen LogP contribution is -2.11. The van der Waals surface area contributed by atoms with Crippen molar-refractivity contribution in [1.29, 1.82) is 0 Å². The summed E-state index contributed by atoms with van der Waals surface area (Å²) in [5.74, 6) is -0.432. The Kier molecular flexibility index (Phi) is 4.42. The van der Waals surface area contributed by atoms with E-state index in [0.717, 1.165) is 5.56 Å². The Morgan fingerprint density at radius 2 is 1.73 bits per heavy atom. The predicted molar refractivity (Wildman–Crippen MR) is 98.8 cm³/mol. The van der Waals surface area contributed by atoms with Crippen LogP contribution in [-0.4, -0.2) is 16.8 Å². The molecule has 26 heavy (non-hydrogen) atoms. The molecule has 0 saturated heterocycles. The summed E-state index contributed by atoms with van der Waals surface area (Å²) in [5, 5.41) is 11.1. The first-order valence-corrected chi connectivity index (χ1v) is 8.12. The van der Waals surface area contributed by atoms with Crippen LogP contribution < -0.4 is 0 Å². The van der Waals surface area contributed by atoms with Crippen molar-refractivity contribution < 1.29 is 14.5 Å². The number of cyclic esters (lactones) is 1. The molecule has 0 aliphatic carbocycles. The van der Waals surface area contributed by atoms with Crippen molar-refractivity contribution >= 4 is 23.6 Å². The Hall–Kier alpha value is -3.28. The Bertz CT molecular complexity index is 935. The van der Waals surface area contributed by atoms with Crippen molar-refractivity contribution in [2.45, 2.75) is 26.2 Å². The molecule has 132 valence electrons. The molecule has 3 rings (SSSR count). The number of nitro benzene ring substituents is 1. The topological polar surface area (TPSA) is 81.8 Å². The maximum Gasteiger partial charge on any atom is 0.363 e. The van der Waals surface area contributed by atoms with Crippen molar-refractivity contribution in [3.05, 3.63) is 81.0 Å². The third-order valence-corrected chi connectivity index (χ3v) is 4.04. The van der Waals surface area contributed by atoms with Gasteiger partial charge in [-0.2, -0.15) is 0 Å². The second kappa shape index (κ2) is 6.55. The molecule has 0 N–H and O–H groups in total. The van der Waals surface area contributed by atoms with Crippen LogP contribution in [0.4, 0.5) is 5.69 Å². The summed E-state index contributed by atoms with van der Waals surface area (Å²) in [4.78, 5) is 26.9. The summed E-state index contributed by atoms with van der Waals surface area (Å²) in [6, 6.07) is 13.8. The molecule has 2 aromatic carbocycles. The number of carbonyl (C=O) groups is 1. The van der Waals surface area contributed by atoms with Crippen molar-refractivity contribution in [3.63, 3.8) is 0 Å². The molecule has 2 aromatic rings. The first-order chi connectivity index (χ1) is 12.3. The largest absolute Gasteiger partial charge is 0.402 e. The SMILES string of the molecule is CC(C)(C)c1ccc(C2=NC(=Cc3ccccc3[N+](=O)[O-])C(=O)O2)cc1. The summed E-state index contributed by atoms with van der Waals surface area (Å²) < 4.78 is 5.23. The molecule has 0 atom stereocenters. The molecule has 0 radical (unpaired) electrons. The fourth-order valence-corrected chi connectivity index (χ4v) is 2.57. The van der Waals surface area contributed by atoms with Crippen molar-refractivity contribution in [2.24, 2.45) is 4.99 Å². The quantitative estimate of drug-likeness (QED) is 0.359. The minimum absolute atomic E-state index is 0.0179. The van der Waals surface area contributed by atoms with Gasteiger partial charge in [-0.05, 0) is 35.3 Å². The van der Waals surface area contributed by atoms with E-state index in [0.29, 0.717) is 11.1 Å². The summed E-state index contributed by atoms with van der Waals surface area (Å²) in [7, 11) is 0. The maximum atomic E-state index is 12.1. The molecule has 1 heterocycles. The van der Waals surface area contributed by atoms with Crippen LogP contribution in [0.2, 0.25) is 0 Å². The monoisotopic (exact) mass is 350 g/mol. The number of nitrogens with zero attached hydrogens (tertiary/aromatic N) is 2. The number of aliphatic imine (C=N–C) groups is 1. The highest BCUT2D eigenvalue weighted by Gasteiger charge is 2.25. The van der Waals surface area contributed by atoms with E-state index in [1.165, 1.54) is 12.1 Å². The van der Waals surface area contributed by atoms with Gasteiger partial charge in [0.1, 0.15) is 0 Å². The van der Waals surface area contributed by atoms with Crippen molar-refractivity contribution in [2.75, 3.05) is 0 Å². The average molecular weight is 350 g/mol. The number of esters is 1. The number of benzene rings is 2. The summed E-state index contributed by atoms with van der Waals surface area (Å²) in [5.41, 5.74) is 2.10. The first kappa shape index (κ1) is 17.5. The maximum absolute atomic E-state index is 12.1. The van der Waals surface area contributed by atoms with Crippen LogP contribution in [0.5, 0.6) is 0 Å². The van der Waals surface area contributed by atoms with Crippen LogP contribution in [0, 0.1) is 10.1 Å². The molecule has 0 spiro atoms. The van der Waals surface area contributed by atoms with Gasteiger partial charge in [-0.25, -0.2) is 9.79 Å². The van der Waals surface area contributed by atoms with Crippen molar-refractivity contribution in [3.8, 4) is 0 Å². The second-order valence-electron chi connectivity index (χ2n) is 6.98. The summed E-state index contributed by atoms with van der Waals surface area (Å²) in [6.45, 7) is 6.34.